The second-order valence-electron chi connectivity index (χ2n) is 5.33. The minimum Gasteiger partial charge on any atom is -0.391 e. The Kier molecular flexibility index (Phi) is 3.71. The highest BCUT2D eigenvalue weighted by Crippen LogP contribution is 2.21. The van der Waals surface area contributed by atoms with E-state index in [0.717, 1.165) is 29.7 Å². The van der Waals surface area contributed by atoms with E-state index in [1.165, 1.54) is 0 Å². The molecule has 1 saturated heterocycles. The highest BCUT2D eigenvalue weighted by Gasteiger charge is 2.28. The van der Waals surface area contributed by atoms with Crippen molar-refractivity contribution in [2.24, 2.45) is 5.92 Å². The van der Waals surface area contributed by atoms with Crippen LogP contribution in [0.3, 0.4) is 0 Å². The van der Waals surface area contributed by atoms with Crippen LogP contribution in [0.5, 0.6) is 0 Å². The van der Waals surface area contributed by atoms with E-state index in [1.54, 1.807) is 4.90 Å². The van der Waals surface area contributed by atoms with Gasteiger partial charge in [0.2, 0.25) is 0 Å². The molecule has 0 radical (unpaired) electrons. The number of nitrogens with zero attached hydrogens (tertiary/aromatic N) is 1. The molecule has 1 N–H and O–H groups in total. The number of carbonyl (C=O) groups is 1. The first-order valence-electron chi connectivity index (χ1n) is 6.54. The van der Waals surface area contributed by atoms with Gasteiger partial charge in [-0.1, -0.05) is 19.1 Å². The van der Waals surface area contributed by atoms with Gasteiger partial charge in [0.05, 0.1) is 6.10 Å². The van der Waals surface area contributed by atoms with Crippen LogP contribution in [0, 0.1) is 19.8 Å². The van der Waals surface area contributed by atoms with Gasteiger partial charge in [-0.2, -0.15) is 0 Å². The van der Waals surface area contributed by atoms with Gasteiger partial charge in [-0.25, -0.2) is 0 Å². The molecule has 3 heteroatoms. The number of carbonyl (C=O) groups excluding carboxylic acids is 1. The van der Waals surface area contributed by atoms with E-state index in [4.69, 9.17) is 0 Å². The summed E-state index contributed by atoms with van der Waals surface area (Å²) in [5.74, 6) is 0.329. The minimum atomic E-state index is -0.396. The van der Waals surface area contributed by atoms with Crippen LogP contribution in [0.4, 0.5) is 0 Å². The molecule has 0 aliphatic carbocycles. The average molecular weight is 247 g/mol. The van der Waals surface area contributed by atoms with Crippen LogP contribution < -0.4 is 0 Å². The Morgan fingerprint density at radius 2 is 2.11 bits per heavy atom. The monoisotopic (exact) mass is 247 g/mol. The second kappa shape index (κ2) is 5.11. The molecular weight excluding hydrogens is 226 g/mol. The van der Waals surface area contributed by atoms with Crippen molar-refractivity contribution in [3.05, 3.63) is 34.9 Å². The normalized spacial score (nSPS) is 24.1. The number of rotatable bonds is 1. The molecule has 1 aliphatic heterocycles. The Hall–Kier alpha value is -1.35. The maximum Gasteiger partial charge on any atom is 0.254 e. The molecule has 3 nitrogen and oxygen atoms in total. The summed E-state index contributed by atoms with van der Waals surface area (Å²) in [6, 6.07) is 5.80. The molecular formula is C15H21NO2. The van der Waals surface area contributed by atoms with Crippen LogP contribution >= 0.6 is 0 Å². The molecule has 1 heterocycles. The first-order valence-corrected chi connectivity index (χ1v) is 6.54. The lowest BCUT2D eigenvalue weighted by atomic mass is 9.94. The van der Waals surface area contributed by atoms with Gasteiger partial charge in [-0.15, -0.1) is 0 Å². The Morgan fingerprint density at radius 1 is 1.39 bits per heavy atom. The predicted octanol–water partition coefficient (Wildman–Crippen LogP) is 2.15. The zero-order chi connectivity index (χ0) is 13.3. The molecule has 1 aromatic rings. The molecule has 0 spiro atoms. The number of aryl methyl sites for hydroxylation is 1. The van der Waals surface area contributed by atoms with Gasteiger partial charge < -0.3 is 10.0 Å². The van der Waals surface area contributed by atoms with Crippen molar-refractivity contribution in [2.45, 2.75) is 33.3 Å². The lowest BCUT2D eigenvalue weighted by molar-refractivity contribution is 0.0248. The Bertz CT molecular complexity index is 456. The third-order valence-electron chi connectivity index (χ3n) is 4.04. The minimum absolute atomic E-state index is 0.0437. The number of hydrogen-bond donors (Lipinski definition) is 1. The van der Waals surface area contributed by atoms with Crippen LogP contribution in [-0.2, 0) is 0 Å². The predicted molar refractivity (Wildman–Crippen MR) is 71.6 cm³/mol. The zero-order valence-electron chi connectivity index (χ0n) is 11.3. The summed E-state index contributed by atoms with van der Waals surface area (Å²) in [4.78, 5) is 14.2. The van der Waals surface area contributed by atoms with Crippen LogP contribution in [-0.4, -0.2) is 35.1 Å². The van der Waals surface area contributed by atoms with E-state index in [1.807, 2.05) is 39.0 Å². The summed E-state index contributed by atoms with van der Waals surface area (Å²) >= 11 is 0. The fourth-order valence-corrected chi connectivity index (χ4v) is 2.39. The van der Waals surface area contributed by atoms with Gasteiger partial charge in [-0.05, 0) is 43.4 Å². The van der Waals surface area contributed by atoms with Crippen molar-refractivity contribution < 1.29 is 9.90 Å². The number of aliphatic hydroxyl groups is 1. The standard InChI is InChI=1S/C15H21NO2/c1-10-5-4-6-13(12(10)3)15(18)16-8-7-11(2)14(17)9-16/h4-6,11,14,17H,7-9H2,1-3H3. The number of benzene rings is 1. The number of β-amino-alcohol motifs (C(OH)–C–C–N with tert-alkyl or cyclic N) is 1. The van der Waals surface area contributed by atoms with Gasteiger partial charge >= 0.3 is 0 Å². The smallest absolute Gasteiger partial charge is 0.254 e. The quantitative estimate of drug-likeness (QED) is 0.826. The molecule has 1 amide bonds. The lowest BCUT2D eigenvalue weighted by Crippen LogP contribution is -2.46. The molecule has 2 rings (SSSR count). The number of likely N-dealkylation sites (tertiary alicyclic amines) is 1. The first kappa shape index (κ1) is 13.1. The van der Waals surface area contributed by atoms with Crippen LogP contribution in [0.15, 0.2) is 18.2 Å². The lowest BCUT2D eigenvalue weighted by Gasteiger charge is -2.34. The van der Waals surface area contributed by atoms with Gasteiger partial charge in [0.25, 0.3) is 5.91 Å². The van der Waals surface area contributed by atoms with Crippen molar-refractivity contribution >= 4 is 5.91 Å². The molecule has 2 atom stereocenters. The van der Waals surface area contributed by atoms with Crippen LogP contribution in [0.1, 0.15) is 34.8 Å². The van der Waals surface area contributed by atoms with Crippen molar-refractivity contribution in [1.82, 2.24) is 4.90 Å². The summed E-state index contributed by atoms with van der Waals surface area (Å²) in [5, 5.41) is 9.87. The average Bonchev–Trinajstić information content (AvgIpc) is 2.35. The maximum atomic E-state index is 12.4. The fourth-order valence-electron chi connectivity index (χ4n) is 2.39. The summed E-state index contributed by atoms with van der Waals surface area (Å²) < 4.78 is 0. The van der Waals surface area contributed by atoms with E-state index in [9.17, 15) is 9.90 Å². The zero-order valence-corrected chi connectivity index (χ0v) is 11.3. The summed E-state index contributed by atoms with van der Waals surface area (Å²) in [6.45, 7) is 7.22. The van der Waals surface area contributed by atoms with Crippen molar-refractivity contribution in [3.8, 4) is 0 Å². The summed E-state index contributed by atoms with van der Waals surface area (Å²) in [6.07, 6.45) is 0.477. The SMILES string of the molecule is Cc1cccc(C(=O)N2CCC(C)C(O)C2)c1C. The van der Waals surface area contributed by atoms with E-state index < -0.39 is 6.10 Å². The van der Waals surface area contributed by atoms with E-state index in [-0.39, 0.29) is 11.8 Å². The highest BCUT2D eigenvalue weighted by molar-refractivity contribution is 5.96. The number of hydrogen-bond acceptors (Lipinski definition) is 2. The van der Waals surface area contributed by atoms with E-state index in [0.29, 0.717) is 6.54 Å². The Balaban J connectivity index is 2.19. The molecule has 0 saturated carbocycles. The molecule has 2 unspecified atom stereocenters. The van der Waals surface area contributed by atoms with Crippen molar-refractivity contribution in [1.29, 1.82) is 0 Å². The van der Waals surface area contributed by atoms with Gasteiger partial charge in [0.15, 0.2) is 0 Å². The van der Waals surface area contributed by atoms with Gasteiger partial charge in [0.1, 0.15) is 0 Å². The topological polar surface area (TPSA) is 40.5 Å². The number of amides is 1. The molecule has 1 fully saturated rings. The van der Waals surface area contributed by atoms with Crippen molar-refractivity contribution in [2.75, 3.05) is 13.1 Å². The summed E-state index contributed by atoms with van der Waals surface area (Å²) in [5.41, 5.74) is 2.93. The third kappa shape index (κ3) is 2.41. The molecule has 0 aromatic heterocycles. The fraction of sp³-hybridized carbons (Fsp3) is 0.533. The highest BCUT2D eigenvalue weighted by atomic mass is 16.3. The Labute approximate surface area is 108 Å². The van der Waals surface area contributed by atoms with Crippen molar-refractivity contribution in [3.63, 3.8) is 0 Å². The van der Waals surface area contributed by atoms with Crippen LogP contribution in [0.2, 0.25) is 0 Å². The molecule has 98 valence electrons. The van der Waals surface area contributed by atoms with Gasteiger partial charge in [-0.3, -0.25) is 4.79 Å². The number of piperidine rings is 1. The number of aliphatic hydroxyl groups excluding tert-OH is 1. The molecule has 0 bridgehead atoms. The molecule has 1 aliphatic rings. The largest absolute Gasteiger partial charge is 0.391 e. The molecule has 1 aromatic carbocycles. The summed E-state index contributed by atoms with van der Waals surface area (Å²) in [7, 11) is 0. The van der Waals surface area contributed by atoms with E-state index in [2.05, 4.69) is 0 Å². The van der Waals surface area contributed by atoms with Gasteiger partial charge in [0, 0.05) is 18.7 Å². The Morgan fingerprint density at radius 3 is 2.78 bits per heavy atom. The maximum absolute atomic E-state index is 12.4. The first-order chi connectivity index (χ1) is 8.50. The third-order valence-corrected chi connectivity index (χ3v) is 4.04. The van der Waals surface area contributed by atoms with E-state index >= 15 is 0 Å². The van der Waals surface area contributed by atoms with Crippen LogP contribution in [0.25, 0.3) is 0 Å². The molecule has 18 heavy (non-hydrogen) atoms. The second-order valence-corrected chi connectivity index (χ2v) is 5.33.